The largest absolute Gasteiger partial charge is 0.479 e. The van der Waals surface area contributed by atoms with Crippen LogP contribution in [0, 0.1) is 0 Å². The zero-order valence-electron chi connectivity index (χ0n) is 8.23. The van der Waals surface area contributed by atoms with Gasteiger partial charge in [-0.15, -0.1) is 0 Å². The molecule has 0 aromatic carbocycles. The Labute approximate surface area is 82.7 Å². The van der Waals surface area contributed by atoms with E-state index < -0.39 is 18.0 Å². The van der Waals surface area contributed by atoms with E-state index in [1.165, 1.54) is 0 Å². The fraction of sp³-hybridized carbons (Fsp3) is 0.778. The molecular weight excluding hydrogens is 188 g/mol. The zero-order chi connectivity index (χ0) is 11.0. The summed E-state index contributed by atoms with van der Waals surface area (Å²) in [6, 6.07) is 0. The summed E-state index contributed by atoms with van der Waals surface area (Å²) in [5.74, 6) is -2.90. The fourth-order valence-electron chi connectivity index (χ4n) is 0.978. The minimum Gasteiger partial charge on any atom is -0.479 e. The third-order valence-electron chi connectivity index (χ3n) is 1.73. The summed E-state index contributed by atoms with van der Waals surface area (Å²) < 4.78 is 4.71. The summed E-state index contributed by atoms with van der Waals surface area (Å²) in [6.45, 7) is 2.24. The monoisotopic (exact) mass is 204 g/mol. The van der Waals surface area contributed by atoms with Gasteiger partial charge in [0.15, 0.2) is 0 Å². The molecule has 0 amide bonds. The van der Waals surface area contributed by atoms with Crippen molar-refractivity contribution >= 4 is 11.9 Å². The second kappa shape index (κ2) is 7.32. The number of ether oxygens (including phenoxy) is 1. The highest BCUT2D eigenvalue weighted by molar-refractivity contribution is 5.95. The lowest BCUT2D eigenvalue weighted by molar-refractivity contribution is -0.165. The maximum Gasteiger partial charge on any atom is 0.344 e. The summed E-state index contributed by atoms with van der Waals surface area (Å²) in [7, 11) is 0. The van der Waals surface area contributed by atoms with Gasteiger partial charge < -0.3 is 14.9 Å². The van der Waals surface area contributed by atoms with Crippen LogP contribution >= 0.6 is 0 Å². The van der Waals surface area contributed by atoms with E-state index in [1.54, 1.807) is 0 Å². The predicted molar refractivity (Wildman–Crippen MR) is 49.2 cm³/mol. The Bertz CT molecular complexity index is 176. The fourth-order valence-corrected chi connectivity index (χ4v) is 0.978. The Balaban J connectivity index is 3.62. The van der Waals surface area contributed by atoms with E-state index in [4.69, 9.17) is 14.9 Å². The van der Waals surface area contributed by atoms with Crippen molar-refractivity contribution in [3.05, 3.63) is 0 Å². The number of aliphatic carboxylic acids is 2. The second-order valence-electron chi connectivity index (χ2n) is 2.99. The van der Waals surface area contributed by atoms with Gasteiger partial charge in [-0.3, -0.25) is 0 Å². The maximum absolute atomic E-state index is 10.4. The quantitative estimate of drug-likeness (QED) is 0.457. The molecular formula is C9H16O5. The first-order valence-corrected chi connectivity index (χ1v) is 4.66. The molecule has 0 aliphatic heterocycles. The third-order valence-corrected chi connectivity index (χ3v) is 1.73. The van der Waals surface area contributed by atoms with E-state index in [2.05, 4.69) is 6.92 Å². The Hall–Kier alpha value is -1.10. The number of carbonyl (C=O) groups is 2. The summed E-state index contributed by atoms with van der Waals surface area (Å²) in [6.07, 6.45) is 2.03. The third kappa shape index (κ3) is 5.53. The molecule has 14 heavy (non-hydrogen) atoms. The lowest BCUT2D eigenvalue weighted by Crippen LogP contribution is -2.32. The molecule has 0 atom stereocenters. The average molecular weight is 204 g/mol. The molecule has 2 N–H and O–H groups in total. The van der Waals surface area contributed by atoms with Gasteiger partial charge in [0.25, 0.3) is 6.10 Å². The molecule has 5 heteroatoms. The first kappa shape index (κ1) is 12.9. The standard InChI is InChI=1S/C9H16O5/c1-2-3-4-5-6-14-7(8(10)11)9(12)13/h7H,2-6H2,1H3,(H,10,11)(H,12,13). The molecule has 5 nitrogen and oxygen atoms in total. The van der Waals surface area contributed by atoms with Gasteiger partial charge in [0.05, 0.1) is 0 Å². The molecule has 0 rings (SSSR count). The van der Waals surface area contributed by atoms with Crippen molar-refractivity contribution in [2.75, 3.05) is 6.61 Å². The van der Waals surface area contributed by atoms with Gasteiger partial charge in [0.2, 0.25) is 0 Å². The van der Waals surface area contributed by atoms with Gasteiger partial charge in [0.1, 0.15) is 0 Å². The van der Waals surface area contributed by atoms with E-state index >= 15 is 0 Å². The molecule has 0 spiro atoms. The minimum absolute atomic E-state index is 0.184. The van der Waals surface area contributed by atoms with Crippen molar-refractivity contribution in [1.29, 1.82) is 0 Å². The number of unbranched alkanes of at least 4 members (excludes halogenated alkanes) is 3. The molecule has 0 saturated carbocycles. The number of hydrogen-bond donors (Lipinski definition) is 2. The Kier molecular flexibility index (Phi) is 6.74. The lowest BCUT2D eigenvalue weighted by Gasteiger charge is -2.08. The van der Waals surface area contributed by atoms with E-state index in [0.717, 1.165) is 19.3 Å². The van der Waals surface area contributed by atoms with Crippen molar-refractivity contribution in [2.24, 2.45) is 0 Å². The number of carboxylic acid groups (broad SMARTS) is 2. The van der Waals surface area contributed by atoms with Crippen molar-refractivity contribution in [2.45, 2.75) is 38.7 Å². The molecule has 0 saturated heterocycles. The van der Waals surface area contributed by atoms with Gasteiger partial charge >= 0.3 is 11.9 Å². The van der Waals surface area contributed by atoms with Gasteiger partial charge in [-0.05, 0) is 6.42 Å². The van der Waals surface area contributed by atoms with E-state index in [0.29, 0.717) is 6.42 Å². The number of carboxylic acids is 2. The first-order valence-electron chi connectivity index (χ1n) is 4.66. The van der Waals surface area contributed by atoms with Crippen LogP contribution in [0.5, 0.6) is 0 Å². The number of rotatable bonds is 8. The molecule has 82 valence electrons. The normalized spacial score (nSPS) is 10.4. The Morgan fingerprint density at radius 3 is 2.14 bits per heavy atom. The molecule has 0 bridgehead atoms. The summed E-state index contributed by atoms with van der Waals surface area (Å²) in [5.41, 5.74) is 0. The highest BCUT2D eigenvalue weighted by atomic mass is 16.5. The molecule has 0 aliphatic carbocycles. The van der Waals surface area contributed by atoms with Crippen LogP contribution in [0.2, 0.25) is 0 Å². The SMILES string of the molecule is CCCCCCOC(C(=O)O)C(=O)O. The van der Waals surface area contributed by atoms with Crippen LogP contribution in [-0.4, -0.2) is 34.9 Å². The zero-order valence-corrected chi connectivity index (χ0v) is 8.23. The Morgan fingerprint density at radius 1 is 1.14 bits per heavy atom. The highest BCUT2D eigenvalue weighted by Gasteiger charge is 2.25. The van der Waals surface area contributed by atoms with Crippen molar-refractivity contribution in [1.82, 2.24) is 0 Å². The summed E-state index contributed by atoms with van der Waals surface area (Å²) in [4.78, 5) is 20.7. The second-order valence-corrected chi connectivity index (χ2v) is 2.99. The molecule has 0 aliphatic rings. The van der Waals surface area contributed by atoms with Crippen LogP contribution < -0.4 is 0 Å². The minimum atomic E-state index is -1.73. The molecule has 0 aromatic heterocycles. The van der Waals surface area contributed by atoms with Gasteiger partial charge in [-0.2, -0.15) is 0 Å². The molecule has 0 aromatic rings. The molecule has 0 radical (unpaired) electrons. The van der Waals surface area contributed by atoms with Crippen LogP contribution in [0.1, 0.15) is 32.6 Å². The summed E-state index contributed by atoms with van der Waals surface area (Å²) in [5, 5.41) is 16.9. The molecule has 0 fully saturated rings. The van der Waals surface area contributed by atoms with Crippen molar-refractivity contribution in [3.8, 4) is 0 Å². The van der Waals surface area contributed by atoms with Crippen molar-refractivity contribution < 1.29 is 24.5 Å². The number of hydrogen-bond acceptors (Lipinski definition) is 3. The van der Waals surface area contributed by atoms with Crippen LogP contribution in [0.4, 0.5) is 0 Å². The van der Waals surface area contributed by atoms with Gasteiger partial charge in [-0.1, -0.05) is 26.2 Å². The smallest absolute Gasteiger partial charge is 0.344 e. The first-order chi connectivity index (χ1) is 6.59. The average Bonchev–Trinajstić information content (AvgIpc) is 2.09. The molecule has 0 unspecified atom stereocenters. The van der Waals surface area contributed by atoms with Crippen molar-refractivity contribution in [3.63, 3.8) is 0 Å². The topological polar surface area (TPSA) is 83.8 Å². The van der Waals surface area contributed by atoms with Crippen LogP contribution in [-0.2, 0) is 14.3 Å². The van der Waals surface area contributed by atoms with Crippen LogP contribution in [0.3, 0.4) is 0 Å². The van der Waals surface area contributed by atoms with Gasteiger partial charge in [-0.25, -0.2) is 9.59 Å². The lowest BCUT2D eigenvalue weighted by atomic mass is 10.2. The highest BCUT2D eigenvalue weighted by Crippen LogP contribution is 2.01. The van der Waals surface area contributed by atoms with E-state index in [-0.39, 0.29) is 6.61 Å². The Morgan fingerprint density at radius 2 is 1.71 bits per heavy atom. The van der Waals surface area contributed by atoms with E-state index in [9.17, 15) is 9.59 Å². The predicted octanol–water partition coefficient (Wildman–Crippen LogP) is 1.12. The maximum atomic E-state index is 10.4. The van der Waals surface area contributed by atoms with Crippen LogP contribution in [0.25, 0.3) is 0 Å². The summed E-state index contributed by atoms with van der Waals surface area (Å²) >= 11 is 0. The molecule has 0 heterocycles. The van der Waals surface area contributed by atoms with E-state index in [1.807, 2.05) is 0 Å². The van der Waals surface area contributed by atoms with Crippen LogP contribution in [0.15, 0.2) is 0 Å². The van der Waals surface area contributed by atoms with Gasteiger partial charge in [0, 0.05) is 6.61 Å².